The maximum absolute atomic E-state index is 14.1. The number of thiophene rings is 3. The SMILES string of the molecule is CC(C)(C)OC(=O)[C@@H](Cc1csc(CN(Cc2cc(C[C@H](C(=O)OC(C)(C)C)[C@H]3CCN(C(=O)OC(C)(C)C)C3)cs2)Cc2cc(C[C@H](C(=O)OC(C)(C)C)[C@H]3CCN(C(=O)OC(C)(C)C)C3)cs2)c1)[C@H]1CCN(C(=O)OC(C)(C)C)C1. The van der Waals surface area contributed by atoms with Gasteiger partial charge in [-0.25, -0.2) is 14.4 Å². The number of hydrogen-bond donors (Lipinski definition) is 0. The summed E-state index contributed by atoms with van der Waals surface area (Å²) in [5, 5.41) is 6.39. The number of rotatable bonds is 18. The van der Waals surface area contributed by atoms with Gasteiger partial charge in [0, 0.05) is 73.5 Å². The number of ether oxygens (including phenoxy) is 6. The average molecular weight is 1200 g/mol. The Morgan fingerprint density at radius 2 is 0.646 bits per heavy atom. The summed E-state index contributed by atoms with van der Waals surface area (Å²) >= 11 is 4.96. The van der Waals surface area contributed by atoms with Gasteiger partial charge in [-0.1, -0.05) is 0 Å². The molecule has 0 radical (unpaired) electrons. The van der Waals surface area contributed by atoms with E-state index in [4.69, 9.17) is 28.4 Å². The van der Waals surface area contributed by atoms with Crippen LogP contribution in [-0.4, -0.2) is 129 Å². The summed E-state index contributed by atoms with van der Waals surface area (Å²) in [7, 11) is 0. The summed E-state index contributed by atoms with van der Waals surface area (Å²) in [6, 6.07) is 6.57. The van der Waals surface area contributed by atoms with Crippen molar-refractivity contribution in [2.45, 2.75) is 216 Å². The first kappa shape index (κ1) is 66.4. The van der Waals surface area contributed by atoms with Gasteiger partial charge in [-0.15, -0.1) is 34.0 Å². The lowest BCUT2D eigenvalue weighted by Gasteiger charge is -2.28. The van der Waals surface area contributed by atoms with Gasteiger partial charge in [-0.05, 0) is 232 Å². The van der Waals surface area contributed by atoms with Crippen molar-refractivity contribution in [1.82, 2.24) is 19.6 Å². The van der Waals surface area contributed by atoms with Crippen LogP contribution in [0.15, 0.2) is 34.3 Å². The zero-order chi connectivity index (χ0) is 60.9. The van der Waals surface area contributed by atoms with Gasteiger partial charge in [-0.2, -0.15) is 0 Å². The third kappa shape index (κ3) is 21.4. The summed E-state index contributed by atoms with van der Waals surface area (Å²) in [6.45, 7) is 38.1. The Balaban J connectivity index is 1.26. The molecule has 3 aromatic rings. The lowest BCUT2D eigenvalue weighted by Crippen LogP contribution is -2.38. The van der Waals surface area contributed by atoms with Crippen LogP contribution in [0, 0.1) is 35.5 Å². The molecule has 458 valence electrons. The van der Waals surface area contributed by atoms with Gasteiger partial charge in [0.1, 0.15) is 33.6 Å². The highest BCUT2D eigenvalue weighted by Gasteiger charge is 2.43. The van der Waals surface area contributed by atoms with Gasteiger partial charge in [0.25, 0.3) is 0 Å². The molecule has 0 N–H and O–H groups in total. The van der Waals surface area contributed by atoms with Crippen molar-refractivity contribution < 1.29 is 57.2 Å². The van der Waals surface area contributed by atoms with Crippen molar-refractivity contribution in [2.24, 2.45) is 35.5 Å². The van der Waals surface area contributed by atoms with Crippen LogP contribution >= 0.6 is 34.0 Å². The molecule has 16 nitrogen and oxygen atoms in total. The Bertz CT molecular complexity index is 2380. The molecule has 3 amide bonds. The molecule has 6 heterocycles. The van der Waals surface area contributed by atoms with E-state index in [1.165, 1.54) is 0 Å². The quantitative estimate of drug-likeness (QED) is 0.0871. The van der Waals surface area contributed by atoms with Gasteiger partial charge in [0.2, 0.25) is 0 Å². The Kier molecular flexibility index (Phi) is 21.6. The number of hydrogen-bond acceptors (Lipinski definition) is 16. The number of carbonyl (C=O) groups excluding carboxylic acids is 6. The molecule has 3 fully saturated rings. The van der Waals surface area contributed by atoms with Crippen molar-refractivity contribution in [2.75, 3.05) is 39.3 Å². The Hall–Kier alpha value is -4.72. The molecule has 0 aromatic carbocycles. The highest BCUT2D eigenvalue weighted by atomic mass is 32.1. The van der Waals surface area contributed by atoms with Crippen molar-refractivity contribution >= 4 is 70.2 Å². The van der Waals surface area contributed by atoms with Crippen LogP contribution in [0.25, 0.3) is 0 Å². The zero-order valence-electron chi connectivity index (χ0n) is 52.4. The minimum Gasteiger partial charge on any atom is -0.460 e. The lowest BCUT2D eigenvalue weighted by atomic mass is 9.86. The summed E-state index contributed by atoms with van der Waals surface area (Å²) in [6.07, 6.45) is 2.24. The van der Waals surface area contributed by atoms with E-state index >= 15 is 0 Å². The predicted octanol–water partition coefficient (Wildman–Crippen LogP) is 13.3. The van der Waals surface area contributed by atoms with Crippen LogP contribution in [0.2, 0.25) is 0 Å². The normalized spacial score (nSPS) is 19.5. The van der Waals surface area contributed by atoms with Crippen molar-refractivity contribution in [3.8, 4) is 0 Å². The topological polar surface area (TPSA) is 171 Å². The predicted molar refractivity (Wildman–Crippen MR) is 323 cm³/mol. The standard InChI is InChI=1S/C63H96N4O12S3/c1-58(2,3)74-52(68)49(43-19-22-65(31-43)55(71)77-61(10,11)12)28-40-25-46(80-37-40)34-64(35-47-26-41(38-81-47)29-50(53(69)75-59(4,5)6)44-20-23-66(32-44)56(72)78-62(13,14)15)36-48-27-42(39-82-48)30-51(54(70)76-60(7,8)9)45-21-24-67(33-45)57(73)79-63(16,17)18/h25-27,37-39,43-45,49-51H,19-24,28-36H2,1-18H3/t43-,44-,45-,49-,50-,51-/m0/s1. The molecular weight excluding hydrogens is 1100 g/mol. The van der Waals surface area contributed by atoms with Crippen molar-refractivity contribution in [3.05, 3.63) is 65.7 Å². The number of carbonyl (C=O) groups is 6. The first-order valence-corrected chi connectivity index (χ1v) is 31.9. The van der Waals surface area contributed by atoms with E-state index in [0.717, 1.165) is 31.3 Å². The molecule has 0 saturated carbocycles. The summed E-state index contributed by atoms with van der Waals surface area (Å²) in [4.78, 5) is 92.5. The molecule has 82 heavy (non-hydrogen) atoms. The largest absolute Gasteiger partial charge is 0.460 e. The Morgan fingerprint density at radius 1 is 0.415 bits per heavy atom. The number of nitrogens with zero attached hydrogens (tertiary/aromatic N) is 4. The highest BCUT2D eigenvalue weighted by Crippen LogP contribution is 2.37. The van der Waals surface area contributed by atoms with Gasteiger partial charge in [0.05, 0.1) is 17.8 Å². The minimum atomic E-state index is -0.686. The van der Waals surface area contributed by atoms with Gasteiger partial charge in [-0.3, -0.25) is 19.3 Å². The van der Waals surface area contributed by atoms with Crippen LogP contribution in [0.3, 0.4) is 0 Å². The van der Waals surface area contributed by atoms with E-state index < -0.39 is 51.4 Å². The van der Waals surface area contributed by atoms with Crippen LogP contribution in [0.4, 0.5) is 14.4 Å². The molecule has 6 atom stereocenters. The molecule has 0 bridgehead atoms. The lowest BCUT2D eigenvalue weighted by molar-refractivity contribution is -0.163. The zero-order valence-corrected chi connectivity index (χ0v) is 54.9. The molecule has 6 rings (SSSR count). The molecular formula is C63H96N4O12S3. The molecule has 0 unspecified atom stereocenters. The molecule has 3 aliphatic heterocycles. The van der Waals surface area contributed by atoms with Crippen molar-refractivity contribution in [3.63, 3.8) is 0 Å². The fourth-order valence-electron chi connectivity index (χ4n) is 10.7. The van der Waals surface area contributed by atoms with E-state index in [9.17, 15) is 28.8 Å². The van der Waals surface area contributed by atoms with Crippen LogP contribution < -0.4 is 0 Å². The third-order valence-corrected chi connectivity index (χ3v) is 17.0. The molecule has 3 aliphatic rings. The fourth-order valence-corrected chi connectivity index (χ4v) is 13.6. The fraction of sp³-hybridized carbons (Fsp3) is 0.714. The second kappa shape index (κ2) is 26.7. The number of likely N-dealkylation sites (tertiary alicyclic amines) is 3. The third-order valence-electron chi connectivity index (χ3n) is 14.1. The highest BCUT2D eigenvalue weighted by molar-refractivity contribution is 7.10. The molecule has 0 spiro atoms. The van der Waals surface area contributed by atoms with E-state index in [1.54, 1.807) is 48.7 Å². The van der Waals surface area contributed by atoms with Gasteiger partial charge >= 0.3 is 36.2 Å². The number of amides is 3. The van der Waals surface area contributed by atoms with E-state index in [1.807, 2.05) is 125 Å². The molecule has 19 heteroatoms. The summed E-state index contributed by atoms with van der Waals surface area (Å²) < 4.78 is 35.2. The minimum absolute atomic E-state index is 0.108. The Labute approximate surface area is 501 Å². The maximum atomic E-state index is 14.1. The molecule has 3 aromatic heterocycles. The van der Waals surface area contributed by atoms with Crippen LogP contribution in [0.1, 0.15) is 175 Å². The first-order chi connectivity index (χ1) is 37.7. The Morgan fingerprint density at radius 3 is 0.866 bits per heavy atom. The summed E-state index contributed by atoms with van der Waals surface area (Å²) in [5.41, 5.74) is -0.889. The van der Waals surface area contributed by atoms with E-state index in [0.29, 0.717) is 97.4 Å². The van der Waals surface area contributed by atoms with Gasteiger partial charge in [0.15, 0.2) is 0 Å². The van der Waals surface area contributed by atoms with Crippen LogP contribution in [-0.2, 0) is 81.7 Å². The van der Waals surface area contributed by atoms with E-state index in [2.05, 4.69) is 39.2 Å². The smallest absolute Gasteiger partial charge is 0.410 e. The number of esters is 3. The van der Waals surface area contributed by atoms with Gasteiger partial charge < -0.3 is 43.1 Å². The summed E-state index contributed by atoms with van der Waals surface area (Å²) in [5.74, 6) is -2.56. The molecule has 3 saturated heterocycles. The average Bonchev–Trinajstić information content (AvgIpc) is 4.39. The second-order valence-corrected chi connectivity index (χ2v) is 31.9. The maximum Gasteiger partial charge on any atom is 0.410 e. The first-order valence-electron chi connectivity index (χ1n) is 29.3. The molecule has 0 aliphatic carbocycles. The van der Waals surface area contributed by atoms with Crippen LogP contribution in [0.5, 0.6) is 0 Å². The second-order valence-electron chi connectivity index (χ2n) is 28.9. The van der Waals surface area contributed by atoms with Crippen molar-refractivity contribution in [1.29, 1.82) is 0 Å². The van der Waals surface area contributed by atoms with E-state index in [-0.39, 0.29) is 53.9 Å². The monoisotopic (exact) mass is 1200 g/mol.